The van der Waals surface area contributed by atoms with Gasteiger partial charge in [-0.3, -0.25) is 14.5 Å². The predicted molar refractivity (Wildman–Crippen MR) is 168 cm³/mol. The summed E-state index contributed by atoms with van der Waals surface area (Å²) in [5.74, 6) is 2.18. The van der Waals surface area contributed by atoms with E-state index in [0.29, 0.717) is 56.1 Å². The Labute approximate surface area is 254 Å². The molecule has 1 aliphatic rings. The van der Waals surface area contributed by atoms with E-state index in [4.69, 9.17) is 14.2 Å². The van der Waals surface area contributed by atoms with E-state index in [0.717, 1.165) is 49.2 Å². The molecular formula is C34H44N2O5S. The van der Waals surface area contributed by atoms with E-state index in [2.05, 4.69) is 42.2 Å². The van der Waals surface area contributed by atoms with Crippen molar-refractivity contribution in [3.63, 3.8) is 0 Å². The first-order valence-electron chi connectivity index (χ1n) is 14.9. The lowest BCUT2D eigenvalue weighted by molar-refractivity contribution is -0.133. The lowest BCUT2D eigenvalue weighted by Crippen LogP contribution is -2.48. The quantitative estimate of drug-likeness (QED) is 0.151. The third kappa shape index (κ3) is 8.58. The van der Waals surface area contributed by atoms with Crippen LogP contribution in [0.4, 0.5) is 0 Å². The Morgan fingerprint density at radius 3 is 2.17 bits per heavy atom. The van der Waals surface area contributed by atoms with Crippen molar-refractivity contribution < 1.29 is 23.8 Å². The van der Waals surface area contributed by atoms with Gasteiger partial charge in [-0.2, -0.15) is 0 Å². The zero-order valence-corrected chi connectivity index (χ0v) is 26.3. The van der Waals surface area contributed by atoms with E-state index in [1.807, 2.05) is 23.1 Å². The highest BCUT2D eigenvalue weighted by Gasteiger charge is 2.23. The van der Waals surface area contributed by atoms with E-state index >= 15 is 0 Å². The van der Waals surface area contributed by atoms with Crippen molar-refractivity contribution in [3.8, 4) is 17.2 Å². The van der Waals surface area contributed by atoms with Gasteiger partial charge in [-0.15, -0.1) is 11.3 Å². The van der Waals surface area contributed by atoms with Gasteiger partial charge in [0, 0.05) is 56.0 Å². The van der Waals surface area contributed by atoms with Gasteiger partial charge in [0.05, 0.1) is 26.2 Å². The maximum atomic E-state index is 12.9. The van der Waals surface area contributed by atoms with Gasteiger partial charge in [-0.05, 0) is 62.8 Å². The fourth-order valence-corrected chi connectivity index (χ4v) is 6.43. The number of ether oxygens (including phenoxy) is 3. The molecule has 2 aromatic carbocycles. The Kier molecular flexibility index (Phi) is 11.8. The number of aryl methyl sites for hydroxylation is 3. The number of Topliss-reactive ketones (excluding diaryl/α,β-unsaturated/α-hetero) is 1. The summed E-state index contributed by atoms with van der Waals surface area (Å²) in [6.07, 6.45) is 5.77. The lowest BCUT2D eigenvalue weighted by Gasteiger charge is -2.35. The van der Waals surface area contributed by atoms with Crippen LogP contribution in [0.1, 0.15) is 63.3 Å². The number of carbonyl (C=O) groups is 2. The minimum atomic E-state index is 0.131. The zero-order valence-electron chi connectivity index (χ0n) is 25.4. The second kappa shape index (κ2) is 15.8. The highest BCUT2D eigenvalue weighted by Crippen LogP contribution is 2.40. The summed E-state index contributed by atoms with van der Waals surface area (Å²) in [4.78, 5) is 31.9. The van der Waals surface area contributed by atoms with Crippen LogP contribution >= 0.6 is 11.3 Å². The largest absolute Gasteiger partial charge is 0.493 e. The molecule has 0 N–H and O–H groups in total. The normalized spacial score (nSPS) is 13.7. The first-order valence-corrected chi connectivity index (χ1v) is 15.7. The molecule has 1 aliphatic heterocycles. The molecule has 1 amide bonds. The summed E-state index contributed by atoms with van der Waals surface area (Å²) >= 11 is 1.61. The summed E-state index contributed by atoms with van der Waals surface area (Å²) in [7, 11) is 4.85. The number of amides is 1. The van der Waals surface area contributed by atoms with Crippen LogP contribution < -0.4 is 14.2 Å². The van der Waals surface area contributed by atoms with Crippen molar-refractivity contribution in [1.29, 1.82) is 0 Å². The molecule has 0 spiro atoms. The number of hydrogen-bond acceptors (Lipinski definition) is 7. The number of unbranched alkanes of at least 4 members (excludes halogenated alkanes) is 1. The van der Waals surface area contributed by atoms with Crippen LogP contribution in [0.15, 0.2) is 48.5 Å². The Balaban J connectivity index is 1.14. The third-order valence-electron chi connectivity index (χ3n) is 7.89. The Hall–Kier alpha value is -3.36. The summed E-state index contributed by atoms with van der Waals surface area (Å²) in [6, 6.07) is 16.7. The molecule has 0 aliphatic carbocycles. The van der Waals surface area contributed by atoms with Gasteiger partial charge >= 0.3 is 0 Å². The van der Waals surface area contributed by atoms with Crippen LogP contribution in [0.5, 0.6) is 17.2 Å². The molecule has 0 unspecified atom stereocenters. The number of methoxy groups -OCH3 is 3. The summed E-state index contributed by atoms with van der Waals surface area (Å²) in [5, 5.41) is 0. The van der Waals surface area contributed by atoms with Gasteiger partial charge in [0.25, 0.3) is 0 Å². The molecule has 1 aromatic heterocycles. The number of thiophene rings is 1. The Morgan fingerprint density at radius 1 is 0.762 bits per heavy atom. The van der Waals surface area contributed by atoms with Crippen LogP contribution in [-0.2, 0) is 24.2 Å². The summed E-state index contributed by atoms with van der Waals surface area (Å²) in [6.45, 7) is 5.74. The topological polar surface area (TPSA) is 68.3 Å². The minimum absolute atomic E-state index is 0.131. The number of piperazine rings is 1. The molecule has 1 saturated heterocycles. The predicted octanol–water partition coefficient (Wildman–Crippen LogP) is 6.35. The summed E-state index contributed by atoms with van der Waals surface area (Å²) < 4.78 is 16.5. The van der Waals surface area contributed by atoms with E-state index in [9.17, 15) is 9.59 Å². The molecule has 8 heteroatoms. The van der Waals surface area contributed by atoms with Crippen molar-refractivity contribution in [1.82, 2.24) is 9.80 Å². The molecule has 1 fully saturated rings. The second-order valence-electron chi connectivity index (χ2n) is 10.9. The first kappa shape index (κ1) is 31.6. The van der Waals surface area contributed by atoms with Crippen LogP contribution in [0.2, 0.25) is 0 Å². The van der Waals surface area contributed by atoms with Crippen molar-refractivity contribution in [3.05, 3.63) is 75.0 Å². The lowest BCUT2D eigenvalue weighted by atomic mass is 10.1. The maximum absolute atomic E-state index is 12.9. The molecule has 7 nitrogen and oxygen atoms in total. The highest BCUT2D eigenvalue weighted by atomic mass is 32.1. The van der Waals surface area contributed by atoms with E-state index in [1.165, 1.54) is 16.0 Å². The van der Waals surface area contributed by atoms with Crippen LogP contribution in [-0.4, -0.2) is 69.0 Å². The molecule has 0 atom stereocenters. The second-order valence-corrected chi connectivity index (χ2v) is 12.1. The molecular weight excluding hydrogens is 548 g/mol. The van der Waals surface area contributed by atoms with E-state index < -0.39 is 0 Å². The van der Waals surface area contributed by atoms with Crippen molar-refractivity contribution in [2.24, 2.45) is 0 Å². The van der Waals surface area contributed by atoms with Gasteiger partial charge in [0.1, 0.15) is 0 Å². The number of rotatable bonds is 15. The SMILES string of the molecule is COc1ccc(CN2CCN(C(=O)CCCC(=O)c3ccc(CCCCc4ccc(C)cc4)s3)CC2)c(OC)c1OC. The van der Waals surface area contributed by atoms with Crippen LogP contribution in [0.3, 0.4) is 0 Å². The number of hydrogen-bond donors (Lipinski definition) is 0. The molecule has 42 heavy (non-hydrogen) atoms. The average Bonchev–Trinajstić information content (AvgIpc) is 3.49. The fraction of sp³-hybridized carbons (Fsp3) is 0.471. The first-order chi connectivity index (χ1) is 20.4. The molecule has 226 valence electrons. The van der Waals surface area contributed by atoms with Crippen LogP contribution in [0, 0.1) is 6.92 Å². The molecule has 2 heterocycles. The van der Waals surface area contributed by atoms with E-state index in [1.54, 1.807) is 32.7 Å². The smallest absolute Gasteiger partial charge is 0.222 e. The molecule has 0 radical (unpaired) electrons. The van der Waals surface area contributed by atoms with Crippen molar-refractivity contribution in [2.75, 3.05) is 47.5 Å². The minimum Gasteiger partial charge on any atom is -0.493 e. The van der Waals surface area contributed by atoms with Gasteiger partial charge in [-0.25, -0.2) is 0 Å². The molecule has 0 saturated carbocycles. The summed E-state index contributed by atoms with van der Waals surface area (Å²) in [5.41, 5.74) is 3.70. The number of benzene rings is 2. The van der Waals surface area contributed by atoms with Gasteiger partial charge in [0.2, 0.25) is 11.7 Å². The van der Waals surface area contributed by atoms with Gasteiger partial charge in [-0.1, -0.05) is 35.9 Å². The number of carbonyl (C=O) groups excluding carboxylic acids is 2. The third-order valence-corrected chi connectivity index (χ3v) is 9.08. The van der Waals surface area contributed by atoms with Gasteiger partial charge in [0.15, 0.2) is 17.3 Å². The molecule has 4 rings (SSSR count). The molecule has 0 bridgehead atoms. The highest BCUT2D eigenvalue weighted by molar-refractivity contribution is 7.14. The van der Waals surface area contributed by atoms with Gasteiger partial charge < -0.3 is 19.1 Å². The Bertz CT molecular complexity index is 1310. The van der Waals surface area contributed by atoms with Crippen molar-refractivity contribution in [2.45, 2.75) is 58.4 Å². The maximum Gasteiger partial charge on any atom is 0.222 e. The van der Waals surface area contributed by atoms with Crippen molar-refractivity contribution >= 4 is 23.0 Å². The number of ketones is 1. The van der Waals surface area contributed by atoms with E-state index in [-0.39, 0.29) is 11.7 Å². The zero-order chi connectivity index (χ0) is 29.9. The monoisotopic (exact) mass is 592 g/mol. The van der Waals surface area contributed by atoms with Crippen LogP contribution in [0.25, 0.3) is 0 Å². The standard InChI is InChI=1S/C34H44N2O5S/c1-25-12-14-26(15-13-25)8-5-6-9-28-17-19-31(42-28)29(37)10-7-11-32(38)36-22-20-35(21-23-36)24-27-16-18-30(39-2)34(41-4)33(27)40-3/h12-19H,5-11,20-24H2,1-4H3. The average molecular weight is 593 g/mol. The molecule has 3 aromatic rings. The number of nitrogens with zero attached hydrogens (tertiary/aromatic N) is 2. The fourth-order valence-electron chi connectivity index (χ4n) is 5.41. The Morgan fingerprint density at radius 2 is 1.48 bits per heavy atom.